The van der Waals surface area contributed by atoms with Gasteiger partial charge in [-0.05, 0) is 24.6 Å². The standard InChI is InChI=1S/C14H16F3NO2/c1-3-20-13(19)10(2)8-18-9-11-4-6-12(7-5-11)14(15,16)17/h4-7,18H,2-3,8-9H2,1H3. The van der Waals surface area contributed by atoms with Crippen molar-refractivity contribution in [2.75, 3.05) is 13.2 Å². The molecule has 0 aromatic heterocycles. The zero-order chi connectivity index (χ0) is 15.2. The van der Waals surface area contributed by atoms with E-state index in [9.17, 15) is 18.0 Å². The molecule has 0 aliphatic carbocycles. The third kappa shape index (κ3) is 5.05. The third-order valence-corrected chi connectivity index (χ3v) is 2.51. The molecule has 0 saturated carbocycles. The van der Waals surface area contributed by atoms with E-state index in [1.165, 1.54) is 12.1 Å². The second-order valence-corrected chi connectivity index (χ2v) is 4.12. The molecule has 6 heteroatoms. The molecule has 0 unspecified atom stereocenters. The largest absolute Gasteiger partial charge is 0.463 e. The van der Waals surface area contributed by atoms with Gasteiger partial charge in [0.15, 0.2) is 0 Å². The summed E-state index contributed by atoms with van der Waals surface area (Å²) in [6.45, 7) is 6.10. The van der Waals surface area contributed by atoms with Crippen LogP contribution in [0.2, 0.25) is 0 Å². The molecule has 1 aromatic carbocycles. The molecule has 1 N–H and O–H groups in total. The first kappa shape index (κ1) is 16.2. The van der Waals surface area contributed by atoms with Crippen molar-refractivity contribution >= 4 is 5.97 Å². The number of rotatable bonds is 6. The number of esters is 1. The predicted molar refractivity (Wildman–Crippen MR) is 68.9 cm³/mol. The zero-order valence-corrected chi connectivity index (χ0v) is 11.1. The fourth-order valence-electron chi connectivity index (χ4n) is 1.47. The molecule has 20 heavy (non-hydrogen) atoms. The van der Waals surface area contributed by atoms with Crippen molar-refractivity contribution < 1.29 is 22.7 Å². The summed E-state index contributed by atoms with van der Waals surface area (Å²) in [6, 6.07) is 4.83. The van der Waals surface area contributed by atoms with Crippen molar-refractivity contribution in [1.29, 1.82) is 0 Å². The second kappa shape index (κ2) is 7.09. The Morgan fingerprint density at radius 3 is 2.40 bits per heavy atom. The van der Waals surface area contributed by atoms with Gasteiger partial charge in [-0.2, -0.15) is 13.2 Å². The number of hydrogen-bond donors (Lipinski definition) is 1. The Bertz CT molecular complexity index is 466. The normalized spacial score (nSPS) is 11.2. The number of benzene rings is 1. The van der Waals surface area contributed by atoms with Crippen molar-refractivity contribution in [3.05, 3.63) is 47.5 Å². The molecule has 1 aromatic rings. The first-order valence-electron chi connectivity index (χ1n) is 6.06. The lowest BCUT2D eigenvalue weighted by Crippen LogP contribution is -2.21. The van der Waals surface area contributed by atoms with Gasteiger partial charge in [0.05, 0.1) is 12.2 Å². The van der Waals surface area contributed by atoms with Gasteiger partial charge in [-0.15, -0.1) is 0 Å². The number of alkyl halides is 3. The summed E-state index contributed by atoms with van der Waals surface area (Å²) in [5, 5.41) is 2.92. The lowest BCUT2D eigenvalue weighted by atomic mass is 10.1. The predicted octanol–water partition coefficient (Wildman–Crippen LogP) is 2.91. The maximum atomic E-state index is 12.4. The van der Waals surface area contributed by atoms with Crippen LogP contribution in [0.1, 0.15) is 18.1 Å². The number of carbonyl (C=O) groups is 1. The van der Waals surface area contributed by atoms with E-state index in [2.05, 4.69) is 11.9 Å². The average molecular weight is 287 g/mol. The van der Waals surface area contributed by atoms with Gasteiger partial charge in [-0.25, -0.2) is 4.79 Å². The summed E-state index contributed by atoms with van der Waals surface area (Å²) < 4.78 is 41.8. The van der Waals surface area contributed by atoms with E-state index in [0.717, 1.165) is 12.1 Å². The topological polar surface area (TPSA) is 38.3 Å². The molecule has 0 saturated heterocycles. The van der Waals surface area contributed by atoms with Crippen molar-refractivity contribution in [1.82, 2.24) is 5.32 Å². The second-order valence-electron chi connectivity index (χ2n) is 4.12. The van der Waals surface area contributed by atoms with Crippen LogP contribution in [0.25, 0.3) is 0 Å². The minimum absolute atomic E-state index is 0.222. The van der Waals surface area contributed by atoms with E-state index >= 15 is 0 Å². The van der Waals surface area contributed by atoms with Gasteiger partial charge >= 0.3 is 12.1 Å². The number of carbonyl (C=O) groups excluding carboxylic acids is 1. The highest BCUT2D eigenvalue weighted by Gasteiger charge is 2.29. The lowest BCUT2D eigenvalue weighted by molar-refractivity contribution is -0.139. The summed E-state index contributed by atoms with van der Waals surface area (Å²) >= 11 is 0. The van der Waals surface area contributed by atoms with Crippen LogP contribution < -0.4 is 5.32 Å². The Balaban J connectivity index is 2.43. The molecule has 0 aliphatic rings. The molecule has 0 radical (unpaired) electrons. The van der Waals surface area contributed by atoms with Crippen molar-refractivity contribution in [2.45, 2.75) is 19.6 Å². The number of ether oxygens (including phenoxy) is 1. The van der Waals surface area contributed by atoms with Crippen molar-refractivity contribution in [2.24, 2.45) is 0 Å². The fraction of sp³-hybridized carbons (Fsp3) is 0.357. The highest BCUT2D eigenvalue weighted by Crippen LogP contribution is 2.28. The molecular formula is C14H16F3NO2. The van der Waals surface area contributed by atoms with Gasteiger partial charge in [0.25, 0.3) is 0 Å². The van der Waals surface area contributed by atoms with Crippen LogP contribution in [-0.4, -0.2) is 19.1 Å². The third-order valence-electron chi connectivity index (χ3n) is 2.51. The summed E-state index contributed by atoms with van der Waals surface area (Å²) in [4.78, 5) is 11.3. The van der Waals surface area contributed by atoms with Crippen LogP contribution >= 0.6 is 0 Å². The quantitative estimate of drug-likeness (QED) is 0.646. The smallest absolute Gasteiger partial charge is 0.416 e. The van der Waals surface area contributed by atoms with Crippen molar-refractivity contribution in [3.8, 4) is 0 Å². The van der Waals surface area contributed by atoms with Crippen LogP contribution in [0, 0.1) is 0 Å². The van der Waals surface area contributed by atoms with Gasteiger partial charge < -0.3 is 10.1 Å². The molecule has 3 nitrogen and oxygen atoms in total. The molecule has 0 atom stereocenters. The first-order chi connectivity index (χ1) is 9.34. The van der Waals surface area contributed by atoms with Gasteiger partial charge in [0.1, 0.15) is 0 Å². The number of hydrogen-bond acceptors (Lipinski definition) is 3. The molecule has 1 rings (SSSR count). The maximum Gasteiger partial charge on any atom is 0.416 e. The molecule has 0 fully saturated rings. The highest BCUT2D eigenvalue weighted by molar-refractivity contribution is 5.88. The Morgan fingerprint density at radius 1 is 1.30 bits per heavy atom. The minimum Gasteiger partial charge on any atom is -0.463 e. The molecule has 0 heterocycles. The van der Waals surface area contributed by atoms with Gasteiger partial charge in [0, 0.05) is 18.7 Å². The van der Waals surface area contributed by atoms with E-state index in [1.807, 2.05) is 0 Å². The Morgan fingerprint density at radius 2 is 1.90 bits per heavy atom. The van der Waals surface area contributed by atoms with Crippen molar-refractivity contribution in [3.63, 3.8) is 0 Å². The monoisotopic (exact) mass is 287 g/mol. The van der Waals surface area contributed by atoms with Gasteiger partial charge in [-0.1, -0.05) is 18.7 Å². The van der Waals surface area contributed by atoms with E-state index in [-0.39, 0.29) is 18.7 Å². The summed E-state index contributed by atoms with van der Waals surface area (Å²) in [5.74, 6) is -0.479. The SMILES string of the molecule is C=C(CNCc1ccc(C(F)(F)F)cc1)C(=O)OCC. The molecule has 0 aliphatic heterocycles. The molecular weight excluding hydrogens is 271 g/mol. The van der Waals surface area contributed by atoms with Crippen LogP contribution in [0.4, 0.5) is 13.2 Å². The van der Waals surface area contributed by atoms with E-state index in [1.54, 1.807) is 6.92 Å². The molecule has 0 bridgehead atoms. The Hall–Kier alpha value is -1.82. The molecule has 110 valence electrons. The highest BCUT2D eigenvalue weighted by atomic mass is 19.4. The maximum absolute atomic E-state index is 12.4. The van der Waals surface area contributed by atoms with Crippen LogP contribution in [0.3, 0.4) is 0 Å². The van der Waals surface area contributed by atoms with E-state index in [4.69, 9.17) is 4.74 Å². The van der Waals surface area contributed by atoms with Gasteiger partial charge in [-0.3, -0.25) is 0 Å². The lowest BCUT2D eigenvalue weighted by Gasteiger charge is -2.09. The van der Waals surface area contributed by atoms with E-state index < -0.39 is 17.7 Å². The average Bonchev–Trinajstić information content (AvgIpc) is 2.38. The summed E-state index contributed by atoms with van der Waals surface area (Å²) in [7, 11) is 0. The zero-order valence-electron chi connectivity index (χ0n) is 11.1. The minimum atomic E-state index is -4.33. The molecule has 0 amide bonds. The van der Waals surface area contributed by atoms with E-state index in [0.29, 0.717) is 12.1 Å². The Labute approximate surface area is 115 Å². The van der Waals surface area contributed by atoms with Crippen LogP contribution in [-0.2, 0) is 22.3 Å². The first-order valence-corrected chi connectivity index (χ1v) is 6.06. The van der Waals surface area contributed by atoms with Gasteiger partial charge in [0.2, 0.25) is 0 Å². The number of halogens is 3. The summed E-state index contributed by atoms with van der Waals surface area (Å²) in [5.41, 5.74) is 0.283. The fourth-order valence-corrected chi connectivity index (χ4v) is 1.47. The Kier molecular flexibility index (Phi) is 5.76. The number of nitrogens with one attached hydrogen (secondary N) is 1. The molecule has 0 spiro atoms. The van der Waals surface area contributed by atoms with Crippen LogP contribution in [0.15, 0.2) is 36.4 Å². The summed E-state index contributed by atoms with van der Waals surface area (Å²) in [6.07, 6.45) is -4.33. The van der Waals surface area contributed by atoms with Crippen LogP contribution in [0.5, 0.6) is 0 Å².